The van der Waals surface area contributed by atoms with E-state index in [-0.39, 0.29) is 35.4 Å². The Kier molecular flexibility index (Phi) is 6.15. The molecule has 1 fully saturated rings. The number of hydrogen-bond donors (Lipinski definition) is 4. The zero-order valence-corrected chi connectivity index (χ0v) is 18.2. The fourth-order valence-electron chi connectivity index (χ4n) is 4.36. The van der Waals surface area contributed by atoms with Gasteiger partial charge in [-0.15, -0.1) is 0 Å². The van der Waals surface area contributed by atoms with Crippen molar-refractivity contribution in [2.24, 2.45) is 0 Å². The number of fused-ring (bicyclic) bond motifs is 1. The van der Waals surface area contributed by atoms with Crippen LogP contribution in [0.25, 0.3) is 11.0 Å². The van der Waals surface area contributed by atoms with Gasteiger partial charge in [-0.1, -0.05) is 18.2 Å². The lowest BCUT2D eigenvalue weighted by atomic mass is 9.79. The Bertz CT molecular complexity index is 1240. The van der Waals surface area contributed by atoms with Crippen LogP contribution in [0.4, 0.5) is 19.0 Å². The predicted molar refractivity (Wildman–Crippen MR) is 117 cm³/mol. The minimum atomic E-state index is -2.94. The molecule has 0 bridgehead atoms. The second-order valence-corrected chi connectivity index (χ2v) is 8.57. The number of H-pyrrole nitrogens is 1. The molecule has 1 aromatic carbocycles. The van der Waals surface area contributed by atoms with Gasteiger partial charge in [0.2, 0.25) is 0 Å². The van der Waals surface area contributed by atoms with E-state index in [1.165, 1.54) is 18.2 Å². The summed E-state index contributed by atoms with van der Waals surface area (Å²) in [6.45, 7) is 3.23. The second kappa shape index (κ2) is 8.75. The van der Waals surface area contributed by atoms with E-state index in [1.807, 2.05) is 0 Å². The van der Waals surface area contributed by atoms with E-state index in [9.17, 15) is 28.2 Å². The quantitative estimate of drug-likeness (QED) is 0.456. The summed E-state index contributed by atoms with van der Waals surface area (Å²) in [6.07, 6.45) is -2.30. The smallest absolute Gasteiger partial charge is 0.266 e. The van der Waals surface area contributed by atoms with Crippen LogP contribution in [0.1, 0.15) is 67.6 Å². The summed E-state index contributed by atoms with van der Waals surface area (Å²) in [4.78, 5) is 24.1. The van der Waals surface area contributed by atoms with E-state index in [0.29, 0.717) is 24.1 Å². The maximum atomic E-state index is 14.7. The topological polar surface area (TPSA) is 111 Å². The minimum absolute atomic E-state index is 0.0433. The van der Waals surface area contributed by atoms with Crippen molar-refractivity contribution in [3.63, 3.8) is 0 Å². The summed E-state index contributed by atoms with van der Waals surface area (Å²) in [7, 11) is 0. The molecular weight excluding hydrogens is 437 g/mol. The number of aromatic amines is 1. The van der Waals surface area contributed by atoms with Crippen LogP contribution >= 0.6 is 0 Å². The van der Waals surface area contributed by atoms with E-state index in [0.717, 1.165) is 6.07 Å². The highest BCUT2D eigenvalue weighted by Gasteiger charge is 2.37. The van der Waals surface area contributed by atoms with Gasteiger partial charge < -0.3 is 20.5 Å². The lowest BCUT2D eigenvalue weighted by Crippen LogP contribution is -2.38. The van der Waals surface area contributed by atoms with Crippen LogP contribution in [0.2, 0.25) is 0 Å². The molecular formula is C23H25F3N4O3. The average Bonchev–Trinajstić information content (AvgIpc) is 2.75. The highest BCUT2D eigenvalue weighted by atomic mass is 19.3. The van der Waals surface area contributed by atoms with Gasteiger partial charge in [-0.3, -0.25) is 4.79 Å². The Morgan fingerprint density at radius 1 is 1.21 bits per heavy atom. The third-order valence-electron chi connectivity index (χ3n) is 6.22. The Morgan fingerprint density at radius 3 is 2.55 bits per heavy atom. The molecule has 3 aromatic rings. The van der Waals surface area contributed by atoms with Crippen molar-refractivity contribution in [2.75, 3.05) is 5.32 Å². The SMILES string of the molecule is Cc1nc(N[C@H](C)c2cccc(C(F)F)c2F)c2cc(C3(O)CCC(O)CC3)c(=O)[nH]c2n1. The molecule has 4 rings (SSSR count). The van der Waals surface area contributed by atoms with Gasteiger partial charge in [-0.05, 0) is 45.6 Å². The van der Waals surface area contributed by atoms with Crippen LogP contribution in [0.15, 0.2) is 29.1 Å². The number of anilines is 1. The molecule has 2 heterocycles. The molecule has 1 aliphatic rings. The van der Waals surface area contributed by atoms with Gasteiger partial charge in [-0.25, -0.2) is 23.1 Å². The molecule has 4 N–H and O–H groups in total. The van der Waals surface area contributed by atoms with E-state index < -0.39 is 41.1 Å². The number of benzene rings is 1. The van der Waals surface area contributed by atoms with Crippen molar-refractivity contribution in [3.8, 4) is 0 Å². The first-order valence-electron chi connectivity index (χ1n) is 10.7. The lowest BCUT2D eigenvalue weighted by molar-refractivity contribution is -0.0369. The van der Waals surface area contributed by atoms with E-state index >= 15 is 0 Å². The number of aliphatic hydroxyl groups excluding tert-OH is 1. The third-order valence-corrected chi connectivity index (χ3v) is 6.22. The number of aliphatic hydroxyl groups is 2. The number of aryl methyl sites for hydroxylation is 1. The number of halogens is 3. The molecule has 10 heteroatoms. The number of pyridine rings is 1. The summed E-state index contributed by atoms with van der Waals surface area (Å²) in [5.41, 5.74) is -2.18. The number of aromatic nitrogens is 3. The second-order valence-electron chi connectivity index (χ2n) is 8.57. The Labute approximate surface area is 187 Å². The average molecular weight is 462 g/mol. The largest absolute Gasteiger partial charge is 0.393 e. The molecule has 0 aliphatic heterocycles. The van der Waals surface area contributed by atoms with E-state index in [2.05, 4.69) is 20.3 Å². The minimum Gasteiger partial charge on any atom is -0.393 e. The van der Waals surface area contributed by atoms with Crippen molar-refractivity contribution >= 4 is 16.9 Å². The monoisotopic (exact) mass is 462 g/mol. The van der Waals surface area contributed by atoms with Crippen LogP contribution in [0, 0.1) is 12.7 Å². The third kappa shape index (κ3) is 4.45. The maximum Gasteiger partial charge on any atom is 0.266 e. The van der Waals surface area contributed by atoms with Crippen LogP contribution in [-0.4, -0.2) is 31.3 Å². The van der Waals surface area contributed by atoms with Crippen LogP contribution in [0.3, 0.4) is 0 Å². The Hall–Kier alpha value is -2.98. The molecule has 33 heavy (non-hydrogen) atoms. The maximum absolute atomic E-state index is 14.7. The number of nitrogens with one attached hydrogen (secondary N) is 2. The van der Waals surface area contributed by atoms with Gasteiger partial charge in [-0.2, -0.15) is 0 Å². The number of rotatable bonds is 5. The zero-order chi connectivity index (χ0) is 23.9. The Morgan fingerprint density at radius 2 is 1.88 bits per heavy atom. The number of alkyl halides is 2. The molecule has 0 unspecified atom stereocenters. The van der Waals surface area contributed by atoms with Crippen molar-refractivity contribution < 1.29 is 23.4 Å². The molecule has 0 saturated heterocycles. The fraction of sp³-hybridized carbons (Fsp3) is 0.435. The molecule has 7 nitrogen and oxygen atoms in total. The molecule has 0 radical (unpaired) electrons. The van der Waals surface area contributed by atoms with Crippen LogP contribution in [0.5, 0.6) is 0 Å². The van der Waals surface area contributed by atoms with E-state index in [4.69, 9.17) is 0 Å². The highest BCUT2D eigenvalue weighted by molar-refractivity contribution is 5.87. The summed E-state index contributed by atoms with van der Waals surface area (Å²) < 4.78 is 40.9. The summed E-state index contributed by atoms with van der Waals surface area (Å²) in [5, 5.41) is 24.3. The standard InChI is InChI=1S/C23H25F3N4O3/c1-11(14-4-3-5-15(18(14)24)19(25)26)27-20-16-10-17(23(33)8-6-13(31)7-9-23)22(32)30-21(16)29-12(2)28-20/h3-5,10-11,13,19,31,33H,6-9H2,1-2H3,(H2,27,28,29,30,32)/t11-,13?,23?/m1/s1. The van der Waals surface area contributed by atoms with Crippen molar-refractivity contribution in [2.45, 2.75) is 63.7 Å². The van der Waals surface area contributed by atoms with Gasteiger partial charge in [0.25, 0.3) is 12.0 Å². The molecule has 1 aliphatic carbocycles. The summed E-state index contributed by atoms with van der Waals surface area (Å²) >= 11 is 0. The molecule has 2 aromatic heterocycles. The molecule has 1 atom stereocenters. The van der Waals surface area contributed by atoms with Crippen LogP contribution < -0.4 is 10.9 Å². The summed E-state index contributed by atoms with van der Waals surface area (Å²) in [5.74, 6) is -0.391. The molecule has 0 amide bonds. The van der Waals surface area contributed by atoms with Crippen molar-refractivity contribution in [1.29, 1.82) is 0 Å². The van der Waals surface area contributed by atoms with Gasteiger partial charge in [0.15, 0.2) is 0 Å². The van der Waals surface area contributed by atoms with Gasteiger partial charge >= 0.3 is 0 Å². The number of nitrogens with zero attached hydrogens (tertiary/aromatic N) is 2. The summed E-state index contributed by atoms with van der Waals surface area (Å²) in [6, 6.07) is 4.60. The molecule has 0 spiro atoms. The number of hydrogen-bond acceptors (Lipinski definition) is 6. The fourth-order valence-corrected chi connectivity index (χ4v) is 4.36. The first-order valence-corrected chi connectivity index (χ1v) is 10.7. The first-order chi connectivity index (χ1) is 15.6. The van der Waals surface area contributed by atoms with Gasteiger partial charge in [0.05, 0.1) is 28.7 Å². The highest BCUT2D eigenvalue weighted by Crippen LogP contribution is 2.37. The van der Waals surface area contributed by atoms with Gasteiger partial charge in [0.1, 0.15) is 23.1 Å². The Balaban J connectivity index is 1.77. The van der Waals surface area contributed by atoms with E-state index in [1.54, 1.807) is 13.8 Å². The van der Waals surface area contributed by atoms with Gasteiger partial charge in [0, 0.05) is 11.1 Å². The van der Waals surface area contributed by atoms with Crippen molar-refractivity contribution in [3.05, 3.63) is 63.0 Å². The lowest BCUT2D eigenvalue weighted by Gasteiger charge is -2.34. The zero-order valence-electron chi connectivity index (χ0n) is 18.2. The molecule has 176 valence electrons. The van der Waals surface area contributed by atoms with Crippen LogP contribution in [-0.2, 0) is 5.60 Å². The molecule has 1 saturated carbocycles. The normalized spacial score (nSPS) is 22.0. The first kappa shape index (κ1) is 23.2. The van der Waals surface area contributed by atoms with Crippen molar-refractivity contribution in [1.82, 2.24) is 15.0 Å². The predicted octanol–water partition coefficient (Wildman–Crippen LogP) is 4.00.